The molecule has 6 heteroatoms. The van der Waals surface area contributed by atoms with Crippen LogP contribution in [0.15, 0.2) is 48.5 Å². The summed E-state index contributed by atoms with van der Waals surface area (Å²) in [5.41, 5.74) is 1.51. The first kappa shape index (κ1) is 19.4. The molecule has 0 spiro atoms. The number of nitrogens with zero attached hydrogens (tertiary/aromatic N) is 3. The summed E-state index contributed by atoms with van der Waals surface area (Å²) in [5.74, 6) is -0.341. The number of nitriles is 1. The lowest BCUT2D eigenvalue weighted by atomic mass is 10.2. The third-order valence-electron chi connectivity index (χ3n) is 3.89. The van der Waals surface area contributed by atoms with Crippen LogP contribution in [0.3, 0.4) is 0 Å². The molecule has 0 heterocycles. The molecule has 0 aliphatic carbocycles. The minimum Gasteiger partial charge on any atom is -0.494 e. The van der Waals surface area contributed by atoms with Gasteiger partial charge in [-0.3, -0.25) is 9.69 Å². The van der Waals surface area contributed by atoms with Crippen LogP contribution in [0.5, 0.6) is 5.75 Å². The number of likely N-dealkylation sites (N-methyl/N-ethyl adjacent to an activating group) is 1. The van der Waals surface area contributed by atoms with Gasteiger partial charge in [0, 0.05) is 18.8 Å². The Morgan fingerprint density at radius 2 is 1.96 bits per heavy atom. The lowest BCUT2D eigenvalue weighted by molar-refractivity contribution is -0.119. The van der Waals surface area contributed by atoms with Crippen LogP contribution in [0.4, 0.5) is 10.1 Å². The molecular weight excluding hydrogens is 333 g/mol. The van der Waals surface area contributed by atoms with E-state index in [9.17, 15) is 9.18 Å². The van der Waals surface area contributed by atoms with Crippen molar-refractivity contribution in [3.05, 3.63) is 59.9 Å². The smallest absolute Gasteiger partial charge is 0.241 e. The van der Waals surface area contributed by atoms with E-state index in [0.717, 1.165) is 11.3 Å². The highest BCUT2D eigenvalue weighted by atomic mass is 19.1. The van der Waals surface area contributed by atoms with Gasteiger partial charge in [0.25, 0.3) is 0 Å². The molecule has 0 aromatic heterocycles. The van der Waals surface area contributed by atoms with E-state index in [1.807, 2.05) is 35.2 Å². The van der Waals surface area contributed by atoms with Crippen LogP contribution in [0.1, 0.15) is 12.0 Å². The Kier molecular flexibility index (Phi) is 7.12. The van der Waals surface area contributed by atoms with Crippen LogP contribution >= 0.6 is 0 Å². The molecule has 2 aromatic rings. The molecule has 5 nitrogen and oxygen atoms in total. The van der Waals surface area contributed by atoms with Crippen LogP contribution in [0, 0.1) is 17.1 Å². The molecule has 0 saturated heterocycles. The number of benzene rings is 2. The zero-order valence-electron chi connectivity index (χ0n) is 15.0. The second-order valence-electron chi connectivity index (χ2n) is 5.93. The normalized spacial score (nSPS) is 10.4. The zero-order valence-corrected chi connectivity index (χ0v) is 15.0. The Hall–Kier alpha value is -2.91. The number of ether oxygens (including phenoxy) is 1. The highest BCUT2D eigenvalue weighted by Gasteiger charge is 2.17. The molecule has 0 unspecified atom stereocenters. The Bertz CT molecular complexity index is 774. The van der Waals surface area contributed by atoms with E-state index >= 15 is 0 Å². The lowest BCUT2D eigenvalue weighted by Crippen LogP contribution is -2.39. The Labute approximate surface area is 153 Å². The quantitative estimate of drug-likeness (QED) is 0.730. The minimum atomic E-state index is -0.426. The number of carbonyl (C=O) groups is 1. The number of para-hydroxylation sites is 1. The van der Waals surface area contributed by atoms with Gasteiger partial charge in [-0.2, -0.15) is 5.26 Å². The Balaban J connectivity index is 2.03. The lowest BCUT2D eigenvalue weighted by Gasteiger charge is -2.25. The molecule has 0 radical (unpaired) electrons. The standard InChI is InChI=1S/C20H22FN3O2/c1-23(14-16-9-10-19(26-2)18(21)13-16)15-20(25)24(12-6-11-22)17-7-4-3-5-8-17/h3-5,7-10,13H,6,12,14-15H2,1-2H3. The number of hydrogen-bond donors (Lipinski definition) is 0. The van der Waals surface area contributed by atoms with Crippen molar-refractivity contribution in [3.8, 4) is 11.8 Å². The molecule has 0 atom stereocenters. The van der Waals surface area contributed by atoms with E-state index in [4.69, 9.17) is 10.00 Å². The Morgan fingerprint density at radius 3 is 2.58 bits per heavy atom. The van der Waals surface area contributed by atoms with E-state index in [0.29, 0.717) is 13.1 Å². The number of hydrogen-bond acceptors (Lipinski definition) is 4. The van der Waals surface area contributed by atoms with Crippen LogP contribution in [-0.2, 0) is 11.3 Å². The molecule has 0 aliphatic heterocycles. The maximum absolute atomic E-state index is 13.8. The van der Waals surface area contributed by atoms with E-state index in [1.54, 1.807) is 24.1 Å². The second-order valence-corrected chi connectivity index (χ2v) is 5.93. The Morgan fingerprint density at radius 1 is 1.23 bits per heavy atom. The van der Waals surface area contributed by atoms with Gasteiger partial charge in [0.1, 0.15) is 0 Å². The fourth-order valence-electron chi connectivity index (χ4n) is 2.66. The predicted octanol–water partition coefficient (Wildman–Crippen LogP) is 3.21. The van der Waals surface area contributed by atoms with Crippen molar-refractivity contribution in [1.29, 1.82) is 5.26 Å². The number of carbonyl (C=O) groups excluding carboxylic acids is 1. The van der Waals surface area contributed by atoms with Gasteiger partial charge in [0.2, 0.25) is 5.91 Å². The molecule has 26 heavy (non-hydrogen) atoms. The van der Waals surface area contributed by atoms with Gasteiger partial charge in [-0.15, -0.1) is 0 Å². The molecule has 0 saturated carbocycles. The largest absolute Gasteiger partial charge is 0.494 e. The number of anilines is 1. The van der Waals surface area contributed by atoms with Crippen LogP contribution < -0.4 is 9.64 Å². The predicted molar refractivity (Wildman–Crippen MR) is 98.3 cm³/mol. The summed E-state index contributed by atoms with van der Waals surface area (Å²) in [6, 6.07) is 16.1. The van der Waals surface area contributed by atoms with Crippen LogP contribution in [0.25, 0.3) is 0 Å². The summed E-state index contributed by atoms with van der Waals surface area (Å²) in [6.45, 7) is 0.922. The fraction of sp³-hybridized carbons (Fsp3) is 0.300. The highest BCUT2D eigenvalue weighted by molar-refractivity contribution is 5.94. The summed E-state index contributed by atoms with van der Waals surface area (Å²) < 4.78 is 18.7. The summed E-state index contributed by atoms with van der Waals surface area (Å²) in [6.07, 6.45) is 0.258. The molecular formula is C20H22FN3O2. The third kappa shape index (κ3) is 5.30. The number of amides is 1. The molecule has 136 valence electrons. The topological polar surface area (TPSA) is 56.6 Å². The van der Waals surface area contributed by atoms with E-state index in [1.165, 1.54) is 13.2 Å². The van der Waals surface area contributed by atoms with Crippen LogP contribution in [0.2, 0.25) is 0 Å². The second kappa shape index (κ2) is 9.54. The maximum atomic E-state index is 13.8. The number of methoxy groups -OCH3 is 1. The van der Waals surface area contributed by atoms with E-state index in [-0.39, 0.29) is 24.6 Å². The van der Waals surface area contributed by atoms with Gasteiger partial charge in [-0.05, 0) is 36.9 Å². The van der Waals surface area contributed by atoms with Crippen molar-refractivity contribution in [2.45, 2.75) is 13.0 Å². The molecule has 0 N–H and O–H groups in total. The fourth-order valence-corrected chi connectivity index (χ4v) is 2.66. The average molecular weight is 355 g/mol. The van der Waals surface area contributed by atoms with Crippen molar-refractivity contribution in [3.63, 3.8) is 0 Å². The van der Waals surface area contributed by atoms with Crippen molar-refractivity contribution >= 4 is 11.6 Å². The summed E-state index contributed by atoms with van der Waals surface area (Å²) in [7, 11) is 3.22. The SMILES string of the molecule is COc1ccc(CN(C)CC(=O)N(CCC#N)c2ccccc2)cc1F. The van der Waals surface area contributed by atoms with Crippen LogP contribution in [-0.4, -0.2) is 38.1 Å². The van der Waals surface area contributed by atoms with Crippen molar-refractivity contribution < 1.29 is 13.9 Å². The van der Waals surface area contributed by atoms with Gasteiger partial charge in [0.05, 0.1) is 26.1 Å². The third-order valence-corrected chi connectivity index (χ3v) is 3.89. The summed E-state index contributed by atoms with van der Waals surface area (Å²) >= 11 is 0. The van der Waals surface area contributed by atoms with Crippen molar-refractivity contribution in [2.75, 3.05) is 32.1 Å². The first-order valence-electron chi connectivity index (χ1n) is 8.28. The average Bonchev–Trinajstić information content (AvgIpc) is 2.63. The first-order valence-corrected chi connectivity index (χ1v) is 8.28. The van der Waals surface area contributed by atoms with Gasteiger partial charge < -0.3 is 9.64 Å². The highest BCUT2D eigenvalue weighted by Crippen LogP contribution is 2.19. The number of rotatable bonds is 8. The van der Waals surface area contributed by atoms with Gasteiger partial charge in [-0.1, -0.05) is 24.3 Å². The van der Waals surface area contributed by atoms with Gasteiger partial charge in [-0.25, -0.2) is 4.39 Å². The molecule has 0 fully saturated rings. The first-order chi connectivity index (χ1) is 12.5. The maximum Gasteiger partial charge on any atom is 0.241 e. The molecule has 1 amide bonds. The molecule has 2 aromatic carbocycles. The van der Waals surface area contributed by atoms with Crippen molar-refractivity contribution in [2.24, 2.45) is 0 Å². The minimum absolute atomic E-state index is 0.108. The monoisotopic (exact) mass is 355 g/mol. The van der Waals surface area contributed by atoms with Gasteiger partial charge >= 0.3 is 0 Å². The number of halogens is 1. The molecule has 2 rings (SSSR count). The van der Waals surface area contributed by atoms with E-state index in [2.05, 4.69) is 6.07 Å². The van der Waals surface area contributed by atoms with Crippen molar-refractivity contribution in [1.82, 2.24) is 4.90 Å². The van der Waals surface area contributed by atoms with E-state index < -0.39 is 5.82 Å². The summed E-state index contributed by atoms with van der Waals surface area (Å²) in [5, 5.41) is 8.85. The molecule has 0 bridgehead atoms. The summed E-state index contributed by atoms with van der Waals surface area (Å²) in [4.78, 5) is 16.1. The molecule has 0 aliphatic rings. The zero-order chi connectivity index (χ0) is 18.9. The van der Waals surface area contributed by atoms with Gasteiger partial charge in [0.15, 0.2) is 11.6 Å².